The summed E-state index contributed by atoms with van der Waals surface area (Å²) in [6, 6.07) is 0. The van der Waals surface area contributed by atoms with E-state index in [1.54, 1.807) is 6.92 Å². The molecule has 0 aliphatic rings. The third kappa shape index (κ3) is 2.80. The van der Waals surface area contributed by atoms with Gasteiger partial charge >= 0.3 is 6.18 Å². The molecule has 0 amide bonds. The van der Waals surface area contributed by atoms with Crippen LogP contribution in [0.4, 0.5) is 13.2 Å². The minimum absolute atomic E-state index is 0.0780. The fourth-order valence-corrected chi connectivity index (χ4v) is 2.45. The fraction of sp³-hybridized carbons (Fsp3) is 0.500. The lowest BCUT2D eigenvalue weighted by Crippen LogP contribution is -2.13. The van der Waals surface area contributed by atoms with Crippen LogP contribution in [0.1, 0.15) is 30.0 Å². The standard InChI is InChI=1S/C10H11F3IN5O/c1-3-19-4-5(8(16-19)10(11,12)13)7(20)6-9(14)17-18(2)15-6/h4,7,20H,3H2,1-2H3. The molecule has 1 atom stereocenters. The van der Waals surface area contributed by atoms with E-state index in [9.17, 15) is 18.3 Å². The number of aliphatic hydroxyl groups is 1. The van der Waals surface area contributed by atoms with Crippen LogP contribution in [0.2, 0.25) is 0 Å². The Morgan fingerprint density at radius 1 is 1.35 bits per heavy atom. The molecule has 1 N–H and O–H groups in total. The summed E-state index contributed by atoms with van der Waals surface area (Å²) in [5.41, 5.74) is -1.35. The quantitative estimate of drug-likeness (QED) is 0.796. The van der Waals surface area contributed by atoms with Crippen LogP contribution in [-0.2, 0) is 19.8 Å². The number of aryl methyl sites for hydroxylation is 2. The molecule has 0 bridgehead atoms. The molecule has 0 aliphatic carbocycles. The van der Waals surface area contributed by atoms with Crippen molar-refractivity contribution in [1.29, 1.82) is 0 Å². The molecule has 2 aromatic heterocycles. The van der Waals surface area contributed by atoms with Gasteiger partial charge in [0.05, 0.1) is 0 Å². The third-order valence-electron chi connectivity index (χ3n) is 2.63. The van der Waals surface area contributed by atoms with Crippen LogP contribution in [0.5, 0.6) is 0 Å². The number of rotatable bonds is 3. The number of hydrogen-bond donors (Lipinski definition) is 1. The molecule has 2 rings (SSSR count). The van der Waals surface area contributed by atoms with Crippen molar-refractivity contribution in [3.05, 3.63) is 26.8 Å². The zero-order chi connectivity index (χ0) is 15.1. The molecular weight excluding hydrogens is 390 g/mol. The second kappa shape index (κ2) is 5.31. The van der Waals surface area contributed by atoms with Crippen molar-refractivity contribution in [3.8, 4) is 0 Å². The summed E-state index contributed by atoms with van der Waals surface area (Å²) in [5.74, 6) is 0. The van der Waals surface area contributed by atoms with Crippen molar-refractivity contribution in [2.75, 3.05) is 0 Å². The molecule has 0 aliphatic heterocycles. The van der Waals surface area contributed by atoms with Crippen LogP contribution in [0.25, 0.3) is 0 Å². The first kappa shape index (κ1) is 15.2. The van der Waals surface area contributed by atoms with Gasteiger partial charge in [-0.15, -0.1) is 5.10 Å². The van der Waals surface area contributed by atoms with Crippen LogP contribution in [-0.4, -0.2) is 29.9 Å². The largest absolute Gasteiger partial charge is 0.435 e. The number of aromatic nitrogens is 5. The van der Waals surface area contributed by atoms with E-state index >= 15 is 0 Å². The van der Waals surface area contributed by atoms with E-state index in [0.29, 0.717) is 3.70 Å². The van der Waals surface area contributed by atoms with Crippen molar-refractivity contribution < 1.29 is 18.3 Å². The van der Waals surface area contributed by atoms with Crippen LogP contribution in [0.15, 0.2) is 6.20 Å². The summed E-state index contributed by atoms with van der Waals surface area (Å²) in [6.07, 6.45) is -4.98. The zero-order valence-corrected chi connectivity index (χ0v) is 12.7. The Balaban J connectivity index is 2.51. The lowest BCUT2D eigenvalue weighted by molar-refractivity contribution is -0.142. The van der Waals surface area contributed by atoms with Crippen molar-refractivity contribution in [2.45, 2.75) is 25.7 Å². The summed E-state index contributed by atoms with van der Waals surface area (Å²) in [4.78, 5) is 1.19. The average Bonchev–Trinajstić information content (AvgIpc) is 2.91. The Morgan fingerprint density at radius 3 is 2.45 bits per heavy atom. The second-order valence-electron chi connectivity index (χ2n) is 4.05. The van der Waals surface area contributed by atoms with Gasteiger partial charge in [-0.1, -0.05) is 0 Å². The highest BCUT2D eigenvalue weighted by molar-refractivity contribution is 14.1. The molecular formula is C10H11F3IN5O. The van der Waals surface area contributed by atoms with Crippen molar-refractivity contribution >= 4 is 22.6 Å². The van der Waals surface area contributed by atoms with Gasteiger partial charge in [0.15, 0.2) is 5.69 Å². The molecule has 2 heterocycles. The van der Waals surface area contributed by atoms with Gasteiger partial charge in [0.1, 0.15) is 15.5 Å². The predicted molar refractivity (Wildman–Crippen MR) is 70.7 cm³/mol. The minimum atomic E-state index is -4.63. The number of hydrogen-bond acceptors (Lipinski definition) is 4. The Kier molecular flexibility index (Phi) is 4.04. The molecule has 0 aromatic carbocycles. The van der Waals surface area contributed by atoms with Gasteiger partial charge in [-0.2, -0.15) is 28.2 Å². The Labute approximate surface area is 125 Å². The van der Waals surface area contributed by atoms with Crippen LogP contribution >= 0.6 is 22.6 Å². The van der Waals surface area contributed by atoms with E-state index in [4.69, 9.17) is 0 Å². The summed E-state index contributed by atoms with van der Waals surface area (Å²) >= 11 is 1.81. The first-order chi connectivity index (χ1) is 9.24. The number of alkyl halides is 3. The summed E-state index contributed by atoms with van der Waals surface area (Å²) in [7, 11) is 1.53. The zero-order valence-electron chi connectivity index (χ0n) is 10.6. The van der Waals surface area contributed by atoms with Gasteiger partial charge in [-0.3, -0.25) is 4.68 Å². The maximum absolute atomic E-state index is 12.9. The summed E-state index contributed by atoms with van der Waals surface area (Å²) < 4.78 is 40.3. The molecule has 0 saturated carbocycles. The number of aliphatic hydroxyl groups excluding tert-OH is 1. The van der Waals surface area contributed by atoms with Crippen molar-refractivity contribution in [3.63, 3.8) is 0 Å². The molecule has 110 valence electrons. The Hall–Kier alpha value is -1.17. The molecule has 0 saturated heterocycles. The minimum Gasteiger partial charge on any atom is -0.382 e. The Bertz CT molecular complexity index is 621. The molecule has 1 unspecified atom stereocenters. The summed E-state index contributed by atoms with van der Waals surface area (Å²) in [6.45, 7) is 1.93. The first-order valence-corrected chi connectivity index (χ1v) is 6.71. The molecule has 6 nitrogen and oxygen atoms in total. The lowest BCUT2D eigenvalue weighted by atomic mass is 10.1. The number of nitrogens with zero attached hydrogens (tertiary/aromatic N) is 5. The SMILES string of the molecule is CCn1cc(C(O)c2nn(C)nc2I)c(C(F)(F)F)n1. The molecule has 2 aromatic rings. The van der Waals surface area contributed by atoms with Gasteiger partial charge in [-0.25, -0.2) is 0 Å². The highest BCUT2D eigenvalue weighted by Crippen LogP contribution is 2.35. The fourth-order valence-electron chi connectivity index (χ4n) is 1.73. The van der Waals surface area contributed by atoms with Crippen LogP contribution in [0, 0.1) is 3.70 Å². The second-order valence-corrected chi connectivity index (χ2v) is 5.08. The van der Waals surface area contributed by atoms with E-state index in [0.717, 1.165) is 4.68 Å². The van der Waals surface area contributed by atoms with Gasteiger partial charge in [0, 0.05) is 25.4 Å². The lowest BCUT2D eigenvalue weighted by Gasteiger charge is -2.10. The van der Waals surface area contributed by atoms with E-state index < -0.39 is 18.0 Å². The molecule has 0 spiro atoms. The third-order valence-corrected chi connectivity index (χ3v) is 3.40. The topological polar surface area (TPSA) is 68.8 Å². The van der Waals surface area contributed by atoms with Gasteiger partial charge in [-0.05, 0) is 29.5 Å². The molecule has 20 heavy (non-hydrogen) atoms. The van der Waals surface area contributed by atoms with E-state index in [1.165, 1.54) is 18.0 Å². The smallest absolute Gasteiger partial charge is 0.382 e. The van der Waals surface area contributed by atoms with E-state index in [2.05, 4.69) is 15.3 Å². The highest BCUT2D eigenvalue weighted by atomic mass is 127. The predicted octanol–water partition coefficient (Wildman–Crippen LogP) is 1.74. The Morgan fingerprint density at radius 2 is 2.00 bits per heavy atom. The van der Waals surface area contributed by atoms with E-state index in [1.807, 2.05) is 22.6 Å². The van der Waals surface area contributed by atoms with Gasteiger partial charge in [0.2, 0.25) is 0 Å². The van der Waals surface area contributed by atoms with Gasteiger partial charge in [0.25, 0.3) is 0 Å². The van der Waals surface area contributed by atoms with Crippen LogP contribution in [0.3, 0.4) is 0 Å². The normalized spacial score (nSPS) is 13.8. The van der Waals surface area contributed by atoms with Crippen molar-refractivity contribution in [1.82, 2.24) is 24.8 Å². The molecule has 0 radical (unpaired) electrons. The maximum Gasteiger partial charge on any atom is 0.435 e. The number of halogens is 4. The van der Waals surface area contributed by atoms with Crippen molar-refractivity contribution in [2.24, 2.45) is 7.05 Å². The molecule has 10 heteroatoms. The highest BCUT2D eigenvalue weighted by Gasteiger charge is 2.40. The van der Waals surface area contributed by atoms with E-state index in [-0.39, 0.29) is 17.8 Å². The first-order valence-electron chi connectivity index (χ1n) is 5.63. The molecule has 0 fully saturated rings. The maximum atomic E-state index is 12.9. The summed E-state index contributed by atoms with van der Waals surface area (Å²) in [5, 5.41) is 21.4. The van der Waals surface area contributed by atoms with Gasteiger partial charge < -0.3 is 5.11 Å². The monoisotopic (exact) mass is 401 g/mol. The average molecular weight is 401 g/mol. The van der Waals surface area contributed by atoms with Crippen LogP contribution < -0.4 is 0 Å².